The van der Waals surface area contributed by atoms with Gasteiger partial charge in [-0.2, -0.15) is 0 Å². The van der Waals surface area contributed by atoms with Crippen LogP contribution >= 0.6 is 0 Å². The zero-order valence-electron chi connectivity index (χ0n) is 14.0. The van der Waals surface area contributed by atoms with Crippen LogP contribution in [0.5, 0.6) is 0 Å². The molecular formula is C20H19N3O2. The Bertz CT molecular complexity index is 964. The molecule has 0 unspecified atom stereocenters. The van der Waals surface area contributed by atoms with Gasteiger partial charge in [-0.1, -0.05) is 12.1 Å². The third-order valence-electron chi connectivity index (χ3n) is 4.55. The normalized spacial score (nSPS) is 13.8. The first kappa shape index (κ1) is 15.7. The average Bonchev–Trinajstić information content (AvgIpc) is 3.47. The van der Waals surface area contributed by atoms with Crippen molar-refractivity contribution in [3.63, 3.8) is 0 Å². The van der Waals surface area contributed by atoms with Gasteiger partial charge in [0.2, 0.25) is 5.91 Å². The summed E-state index contributed by atoms with van der Waals surface area (Å²) in [4.78, 5) is 20.4. The highest BCUT2D eigenvalue weighted by molar-refractivity contribution is 5.96. The molecule has 2 aromatic heterocycles. The molecule has 1 aliphatic rings. The lowest BCUT2D eigenvalue weighted by molar-refractivity contribution is -0.117. The molecular weight excluding hydrogens is 314 g/mol. The van der Waals surface area contributed by atoms with E-state index in [2.05, 4.69) is 21.4 Å². The van der Waals surface area contributed by atoms with Crippen molar-refractivity contribution >= 4 is 22.5 Å². The van der Waals surface area contributed by atoms with Crippen LogP contribution < -0.4 is 5.32 Å². The van der Waals surface area contributed by atoms with Crippen molar-refractivity contribution in [3.8, 4) is 11.1 Å². The van der Waals surface area contributed by atoms with Crippen LogP contribution in [-0.4, -0.2) is 21.0 Å². The molecule has 1 amide bonds. The number of rotatable bonds is 4. The number of aromatic nitrogens is 2. The quantitative estimate of drug-likeness (QED) is 0.767. The zero-order valence-corrected chi connectivity index (χ0v) is 14.0. The molecule has 1 fully saturated rings. The third-order valence-corrected chi connectivity index (χ3v) is 4.55. The Morgan fingerprint density at radius 3 is 2.76 bits per heavy atom. The van der Waals surface area contributed by atoms with E-state index in [-0.39, 0.29) is 18.4 Å². The van der Waals surface area contributed by atoms with Gasteiger partial charge in [0.25, 0.3) is 0 Å². The molecule has 1 saturated carbocycles. The SMILES string of the molecule is Cc1cnc(CO)cc1-c1ccc2cc(NC(=O)C3CC3)ncc2c1. The molecule has 126 valence electrons. The van der Waals surface area contributed by atoms with Crippen LogP contribution in [0.3, 0.4) is 0 Å². The average molecular weight is 333 g/mol. The summed E-state index contributed by atoms with van der Waals surface area (Å²) in [6.45, 7) is 1.93. The Morgan fingerprint density at radius 1 is 1.16 bits per heavy atom. The number of carbonyl (C=O) groups excluding carboxylic acids is 1. The Morgan fingerprint density at radius 2 is 2.00 bits per heavy atom. The van der Waals surface area contributed by atoms with Gasteiger partial charge in [-0.05, 0) is 60.0 Å². The molecule has 0 saturated heterocycles. The maximum atomic E-state index is 11.9. The molecule has 0 bridgehead atoms. The second-order valence-corrected chi connectivity index (χ2v) is 6.54. The van der Waals surface area contributed by atoms with Gasteiger partial charge >= 0.3 is 0 Å². The number of pyridine rings is 2. The second kappa shape index (κ2) is 6.26. The van der Waals surface area contributed by atoms with E-state index in [4.69, 9.17) is 0 Å². The van der Waals surface area contributed by atoms with Gasteiger partial charge in [-0.3, -0.25) is 9.78 Å². The number of aryl methyl sites for hydroxylation is 1. The fourth-order valence-electron chi connectivity index (χ4n) is 2.92. The largest absolute Gasteiger partial charge is 0.390 e. The van der Waals surface area contributed by atoms with Crippen LogP contribution in [0.1, 0.15) is 24.1 Å². The number of hydrogen-bond acceptors (Lipinski definition) is 4. The Kier molecular flexibility index (Phi) is 3.93. The fraction of sp³-hybridized carbons (Fsp3) is 0.250. The van der Waals surface area contributed by atoms with Crippen molar-refractivity contribution in [3.05, 3.63) is 54.0 Å². The number of amides is 1. The van der Waals surface area contributed by atoms with E-state index in [1.165, 1.54) is 0 Å². The summed E-state index contributed by atoms with van der Waals surface area (Å²) in [5.74, 6) is 0.822. The smallest absolute Gasteiger partial charge is 0.228 e. The monoisotopic (exact) mass is 333 g/mol. The topological polar surface area (TPSA) is 75.1 Å². The van der Waals surface area contributed by atoms with Crippen LogP contribution in [0, 0.1) is 12.8 Å². The lowest BCUT2D eigenvalue weighted by atomic mass is 9.99. The van der Waals surface area contributed by atoms with Gasteiger partial charge in [-0.15, -0.1) is 0 Å². The predicted molar refractivity (Wildman–Crippen MR) is 97.0 cm³/mol. The number of benzene rings is 1. The third kappa shape index (κ3) is 3.23. The highest BCUT2D eigenvalue weighted by atomic mass is 16.3. The van der Waals surface area contributed by atoms with Gasteiger partial charge in [0.1, 0.15) is 5.82 Å². The first-order valence-corrected chi connectivity index (χ1v) is 8.41. The van der Waals surface area contributed by atoms with Crippen LogP contribution in [0.25, 0.3) is 21.9 Å². The van der Waals surface area contributed by atoms with E-state index in [1.54, 1.807) is 12.4 Å². The summed E-state index contributed by atoms with van der Waals surface area (Å²) in [5.41, 5.74) is 3.81. The Labute approximate surface area is 145 Å². The zero-order chi connectivity index (χ0) is 17.4. The molecule has 2 heterocycles. The molecule has 2 N–H and O–H groups in total. The maximum Gasteiger partial charge on any atom is 0.228 e. The highest BCUT2D eigenvalue weighted by Gasteiger charge is 2.29. The van der Waals surface area contributed by atoms with E-state index >= 15 is 0 Å². The molecule has 25 heavy (non-hydrogen) atoms. The van der Waals surface area contributed by atoms with Gasteiger partial charge in [0.05, 0.1) is 12.3 Å². The minimum Gasteiger partial charge on any atom is -0.390 e. The van der Waals surface area contributed by atoms with E-state index in [1.807, 2.05) is 31.2 Å². The first-order chi connectivity index (χ1) is 12.1. The minimum absolute atomic E-state index is 0.0624. The number of aliphatic hydroxyl groups excluding tert-OH is 1. The van der Waals surface area contributed by atoms with E-state index in [0.29, 0.717) is 11.5 Å². The van der Waals surface area contributed by atoms with Crippen molar-refractivity contribution in [1.29, 1.82) is 0 Å². The molecule has 5 nitrogen and oxygen atoms in total. The minimum atomic E-state index is -0.0769. The molecule has 0 atom stereocenters. The van der Waals surface area contributed by atoms with Crippen LogP contribution in [0.2, 0.25) is 0 Å². The summed E-state index contributed by atoms with van der Waals surface area (Å²) in [7, 11) is 0. The number of nitrogens with zero attached hydrogens (tertiary/aromatic N) is 2. The van der Waals surface area contributed by atoms with Crippen molar-refractivity contribution in [1.82, 2.24) is 9.97 Å². The molecule has 0 radical (unpaired) electrons. The van der Waals surface area contributed by atoms with Crippen LogP contribution in [0.4, 0.5) is 5.82 Å². The van der Waals surface area contributed by atoms with E-state index in [0.717, 1.165) is 40.3 Å². The molecule has 1 aliphatic carbocycles. The number of fused-ring (bicyclic) bond motifs is 1. The van der Waals surface area contributed by atoms with Crippen molar-refractivity contribution in [2.45, 2.75) is 26.4 Å². The van der Waals surface area contributed by atoms with Crippen molar-refractivity contribution in [2.24, 2.45) is 5.92 Å². The summed E-state index contributed by atoms with van der Waals surface area (Å²) in [6, 6.07) is 9.94. The molecule has 0 aliphatic heterocycles. The van der Waals surface area contributed by atoms with Gasteiger partial charge in [0, 0.05) is 23.7 Å². The number of nitrogens with one attached hydrogen (secondary N) is 1. The van der Waals surface area contributed by atoms with Gasteiger partial charge in [0.15, 0.2) is 0 Å². The second-order valence-electron chi connectivity index (χ2n) is 6.54. The number of anilines is 1. The highest BCUT2D eigenvalue weighted by Crippen LogP contribution is 2.31. The number of carbonyl (C=O) groups is 1. The molecule has 5 heteroatoms. The summed E-state index contributed by atoms with van der Waals surface area (Å²) >= 11 is 0. The van der Waals surface area contributed by atoms with Gasteiger partial charge in [-0.25, -0.2) is 4.98 Å². The van der Waals surface area contributed by atoms with E-state index in [9.17, 15) is 9.90 Å². The van der Waals surface area contributed by atoms with Crippen LogP contribution in [0.15, 0.2) is 42.7 Å². The number of hydrogen-bond donors (Lipinski definition) is 2. The first-order valence-electron chi connectivity index (χ1n) is 8.41. The maximum absolute atomic E-state index is 11.9. The predicted octanol–water partition coefficient (Wildman–Crippen LogP) is 3.45. The summed E-state index contributed by atoms with van der Waals surface area (Å²) in [6.07, 6.45) is 5.51. The molecule has 4 rings (SSSR count). The Hall–Kier alpha value is -2.79. The van der Waals surface area contributed by atoms with E-state index < -0.39 is 0 Å². The molecule has 3 aromatic rings. The molecule has 0 spiro atoms. The van der Waals surface area contributed by atoms with Crippen LogP contribution in [-0.2, 0) is 11.4 Å². The Balaban J connectivity index is 1.67. The lowest BCUT2D eigenvalue weighted by Gasteiger charge is -2.10. The molecule has 1 aromatic carbocycles. The van der Waals surface area contributed by atoms with Crippen molar-refractivity contribution < 1.29 is 9.90 Å². The van der Waals surface area contributed by atoms with Gasteiger partial charge < -0.3 is 10.4 Å². The number of aliphatic hydroxyl groups is 1. The standard InChI is InChI=1S/C20H19N3O2/c1-12-9-21-17(11-24)8-18(12)15-5-4-14-7-19(22-10-16(14)6-15)23-20(25)13-2-3-13/h4-10,13,24H,2-3,11H2,1H3,(H,22,23,25). The summed E-state index contributed by atoms with van der Waals surface area (Å²) < 4.78 is 0. The fourth-order valence-corrected chi connectivity index (χ4v) is 2.92. The van der Waals surface area contributed by atoms with Crippen molar-refractivity contribution in [2.75, 3.05) is 5.32 Å². The summed E-state index contributed by atoms with van der Waals surface area (Å²) in [5, 5.41) is 14.2. The lowest BCUT2D eigenvalue weighted by Crippen LogP contribution is -2.14.